The quantitative estimate of drug-likeness (QED) is 0.390. The van der Waals surface area contributed by atoms with Gasteiger partial charge in [-0.3, -0.25) is 0 Å². The van der Waals surface area contributed by atoms with Crippen LogP contribution < -0.4 is 0 Å². The van der Waals surface area contributed by atoms with Gasteiger partial charge in [-0.15, -0.1) is 0 Å². The van der Waals surface area contributed by atoms with Crippen LogP contribution in [0.25, 0.3) is 0 Å². The zero-order valence-corrected chi connectivity index (χ0v) is 9.26. The molecule has 0 unspecified atom stereocenters. The Hall–Kier alpha value is -0.500. The first-order valence-electron chi connectivity index (χ1n) is 5.63. The van der Waals surface area contributed by atoms with Crippen LogP contribution in [0.3, 0.4) is 0 Å². The minimum atomic E-state index is 0.0312. The minimum absolute atomic E-state index is 0.0312. The van der Waals surface area contributed by atoms with Gasteiger partial charge in [0.1, 0.15) is 0 Å². The van der Waals surface area contributed by atoms with Crippen LogP contribution in [0.5, 0.6) is 0 Å². The minimum Gasteiger partial charge on any atom is -0.476 e. The van der Waals surface area contributed by atoms with E-state index in [2.05, 4.69) is 13.5 Å². The van der Waals surface area contributed by atoms with Gasteiger partial charge in [0.05, 0.1) is 11.9 Å². The summed E-state index contributed by atoms with van der Waals surface area (Å²) in [5.74, 6) is 0. The van der Waals surface area contributed by atoms with Crippen LogP contribution in [0.4, 0.5) is 0 Å². The third kappa shape index (κ3) is 4.14. The Labute approximate surface area is 87.3 Å². The highest BCUT2D eigenvalue weighted by atomic mass is 16.7. The third-order valence-electron chi connectivity index (χ3n) is 3.00. The van der Waals surface area contributed by atoms with Gasteiger partial charge in [0.2, 0.25) is 0 Å². The van der Waals surface area contributed by atoms with Crippen LogP contribution in [0, 0.1) is 0 Å². The summed E-state index contributed by atoms with van der Waals surface area (Å²) in [5.41, 5.74) is 0.0312. The van der Waals surface area contributed by atoms with Crippen LogP contribution in [-0.4, -0.2) is 12.4 Å². The maximum Gasteiger partial charge on any atom is 0.188 e. The standard InChI is InChI=1S/C12H22O2/c1-3-13-11-14-12(2)9-7-5-4-6-8-10-12/h3H,1,4-11H2,2H3. The van der Waals surface area contributed by atoms with E-state index in [0.29, 0.717) is 6.79 Å². The van der Waals surface area contributed by atoms with Gasteiger partial charge in [-0.2, -0.15) is 0 Å². The lowest BCUT2D eigenvalue weighted by Gasteiger charge is -2.31. The maximum absolute atomic E-state index is 5.75. The van der Waals surface area contributed by atoms with Gasteiger partial charge in [0.25, 0.3) is 0 Å². The summed E-state index contributed by atoms with van der Waals surface area (Å²) in [7, 11) is 0. The number of hydrogen-bond donors (Lipinski definition) is 0. The van der Waals surface area contributed by atoms with Crippen molar-refractivity contribution in [1.29, 1.82) is 0 Å². The molecule has 2 heteroatoms. The fourth-order valence-electron chi connectivity index (χ4n) is 2.02. The van der Waals surface area contributed by atoms with Crippen LogP contribution in [0.1, 0.15) is 51.9 Å². The third-order valence-corrected chi connectivity index (χ3v) is 3.00. The van der Waals surface area contributed by atoms with E-state index in [0.717, 1.165) is 12.8 Å². The molecular formula is C12H22O2. The molecule has 14 heavy (non-hydrogen) atoms. The van der Waals surface area contributed by atoms with Gasteiger partial charge < -0.3 is 9.47 Å². The Morgan fingerprint density at radius 3 is 2.29 bits per heavy atom. The fraction of sp³-hybridized carbons (Fsp3) is 0.833. The molecule has 0 aliphatic heterocycles. The molecule has 82 valence electrons. The number of ether oxygens (including phenoxy) is 2. The van der Waals surface area contributed by atoms with Gasteiger partial charge in [-0.25, -0.2) is 0 Å². The van der Waals surface area contributed by atoms with Crippen LogP contribution in [-0.2, 0) is 9.47 Å². The van der Waals surface area contributed by atoms with E-state index in [-0.39, 0.29) is 5.60 Å². The summed E-state index contributed by atoms with van der Waals surface area (Å²) < 4.78 is 10.8. The molecule has 0 amide bonds. The van der Waals surface area contributed by atoms with Crippen molar-refractivity contribution in [2.45, 2.75) is 57.5 Å². The predicted molar refractivity (Wildman–Crippen MR) is 58.0 cm³/mol. The molecule has 1 saturated carbocycles. The average Bonchev–Trinajstić information content (AvgIpc) is 2.13. The van der Waals surface area contributed by atoms with E-state index in [4.69, 9.17) is 9.47 Å². The highest BCUT2D eigenvalue weighted by Gasteiger charge is 2.25. The van der Waals surface area contributed by atoms with E-state index < -0.39 is 0 Å². The molecule has 0 atom stereocenters. The van der Waals surface area contributed by atoms with Crippen LogP contribution in [0.15, 0.2) is 12.8 Å². The second-order valence-corrected chi connectivity index (χ2v) is 4.31. The fourth-order valence-corrected chi connectivity index (χ4v) is 2.02. The van der Waals surface area contributed by atoms with Gasteiger partial charge in [-0.1, -0.05) is 38.7 Å². The molecule has 0 N–H and O–H groups in total. The molecule has 0 spiro atoms. The van der Waals surface area contributed by atoms with Crippen LogP contribution in [0.2, 0.25) is 0 Å². The lowest BCUT2D eigenvalue weighted by Crippen LogP contribution is -2.30. The van der Waals surface area contributed by atoms with E-state index in [1.54, 1.807) is 0 Å². The van der Waals surface area contributed by atoms with Crippen molar-refractivity contribution in [3.05, 3.63) is 12.8 Å². The lowest BCUT2D eigenvalue weighted by molar-refractivity contribution is -0.121. The topological polar surface area (TPSA) is 18.5 Å². The molecular weight excluding hydrogens is 176 g/mol. The second-order valence-electron chi connectivity index (χ2n) is 4.31. The monoisotopic (exact) mass is 198 g/mol. The van der Waals surface area contributed by atoms with Crippen molar-refractivity contribution in [2.75, 3.05) is 6.79 Å². The van der Waals surface area contributed by atoms with Gasteiger partial charge in [0, 0.05) is 0 Å². The maximum atomic E-state index is 5.75. The van der Waals surface area contributed by atoms with Crippen molar-refractivity contribution < 1.29 is 9.47 Å². The van der Waals surface area contributed by atoms with Gasteiger partial charge in [0.15, 0.2) is 6.79 Å². The zero-order valence-electron chi connectivity index (χ0n) is 9.26. The molecule has 0 bridgehead atoms. The molecule has 1 aliphatic rings. The Balaban J connectivity index is 2.30. The molecule has 2 nitrogen and oxygen atoms in total. The van der Waals surface area contributed by atoms with E-state index >= 15 is 0 Å². The average molecular weight is 198 g/mol. The Morgan fingerprint density at radius 1 is 1.14 bits per heavy atom. The molecule has 0 aromatic rings. The largest absolute Gasteiger partial charge is 0.476 e. The molecule has 1 rings (SSSR count). The highest BCUT2D eigenvalue weighted by Crippen LogP contribution is 2.29. The Morgan fingerprint density at radius 2 is 1.71 bits per heavy atom. The molecule has 1 fully saturated rings. The second kappa shape index (κ2) is 6.07. The molecule has 0 aromatic carbocycles. The smallest absolute Gasteiger partial charge is 0.188 e. The van der Waals surface area contributed by atoms with Crippen molar-refractivity contribution in [3.8, 4) is 0 Å². The van der Waals surface area contributed by atoms with Crippen molar-refractivity contribution in [3.63, 3.8) is 0 Å². The van der Waals surface area contributed by atoms with Crippen molar-refractivity contribution >= 4 is 0 Å². The predicted octanol–water partition coefficient (Wildman–Crippen LogP) is 3.62. The number of rotatable bonds is 4. The van der Waals surface area contributed by atoms with Crippen LogP contribution >= 0.6 is 0 Å². The van der Waals surface area contributed by atoms with E-state index in [9.17, 15) is 0 Å². The molecule has 0 radical (unpaired) electrons. The SMILES string of the molecule is C=COCOC1(C)CCCCCCC1. The Kier molecular flexibility index (Phi) is 5.02. The summed E-state index contributed by atoms with van der Waals surface area (Å²) in [5, 5.41) is 0. The Bertz CT molecular complexity index is 158. The van der Waals surface area contributed by atoms with Gasteiger partial charge >= 0.3 is 0 Å². The van der Waals surface area contributed by atoms with Crippen molar-refractivity contribution in [2.24, 2.45) is 0 Å². The summed E-state index contributed by atoms with van der Waals surface area (Å²) in [6.45, 7) is 6.04. The summed E-state index contributed by atoms with van der Waals surface area (Å²) in [6, 6.07) is 0. The summed E-state index contributed by atoms with van der Waals surface area (Å²) in [4.78, 5) is 0. The summed E-state index contributed by atoms with van der Waals surface area (Å²) in [6.07, 6.45) is 10.4. The van der Waals surface area contributed by atoms with E-state index in [1.165, 1.54) is 38.4 Å². The normalized spacial score (nSPS) is 22.1. The van der Waals surface area contributed by atoms with Gasteiger partial charge in [-0.05, 0) is 19.8 Å². The van der Waals surface area contributed by atoms with Crippen molar-refractivity contribution in [1.82, 2.24) is 0 Å². The lowest BCUT2D eigenvalue weighted by atomic mass is 9.88. The van der Waals surface area contributed by atoms with E-state index in [1.807, 2.05) is 0 Å². The zero-order chi connectivity index (χ0) is 10.3. The molecule has 0 saturated heterocycles. The first-order chi connectivity index (χ1) is 6.77. The highest BCUT2D eigenvalue weighted by molar-refractivity contribution is 4.76. The number of hydrogen-bond acceptors (Lipinski definition) is 2. The molecule has 0 heterocycles. The molecule has 0 aromatic heterocycles. The molecule has 1 aliphatic carbocycles. The first kappa shape index (κ1) is 11.6. The first-order valence-corrected chi connectivity index (χ1v) is 5.63. The summed E-state index contributed by atoms with van der Waals surface area (Å²) >= 11 is 0.